The Balaban J connectivity index is 1.16. The van der Waals surface area contributed by atoms with E-state index in [4.69, 9.17) is 37.9 Å². The number of hydrogen-bond acceptors (Lipinski definition) is 18. The number of aliphatic hydroxyl groups is 5. The largest absolute Gasteiger partial charge is 0.508 e. The fourth-order valence-corrected chi connectivity index (χ4v) is 6.34. The number of aliphatic hydroxyl groups excluding tert-OH is 5. The van der Waals surface area contributed by atoms with Crippen LogP contribution in [-0.4, -0.2) is 134 Å². The van der Waals surface area contributed by atoms with Crippen LogP contribution in [0.2, 0.25) is 0 Å². The van der Waals surface area contributed by atoms with Gasteiger partial charge in [-0.2, -0.15) is 0 Å². The fraction of sp³-hybridized carbons (Fsp3) is 0.395. The van der Waals surface area contributed by atoms with Crippen LogP contribution in [0.5, 0.6) is 40.2 Å². The summed E-state index contributed by atoms with van der Waals surface area (Å²) in [4.78, 5) is 12.5. The van der Waals surface area contributed by atoms with Gasteiger partial charge in [-0.1, -0.05) is 12.1 Å². The second-order valence-corrected chi connectivity index (χ2v) is 13.2. The zero-order valence-corrected chi connectivity index (χ0v) is 30.1. The molecule has 1 unspecified atom stereocenters. The molecule has 3 aromatic rings. The van der Waals surface area contributed by atoms with Crippen molar-refractivity contribution in [1.82, 2.24) is 0 Å². The van der Waals surface area contributed by atoms with Crippen molar-refractivity contribution in [3.05, 3.63) is 77.1 Å². The number of carbonyl (C=O) groups excluding carboxylic acids is 1. The van der Waals surface area contributed by atoms with Gasteiger partial charge in [0.1, 0.15) is 65.4 Å². The van der Waals surface area contributed by atoms with Crippen LogP contribution in [0.15, 0.2) is 60.4 Å². The van der Waals surface area contributed by atoms with Gasteiger partial charge in [-0.3, -0.25) is 0 Å². The summed E-state index contributed by atoms with van der Waals surface area (Å²) in [7, 11) is 2.62. The van der Waals surface area contributed by atoms with Gasteiger partial charge in [-0.05, 0) is 48.9 Å². The predicted molar refractivity (Wildman–Crippen MR) is 189 cm³/mol. The number of aromatic hydroxyl groups is 4. The van der Waals surface area contributed by atoms with Gasteiger partial charge in [-0.25, -0.2) is 4.79 Å². The lowest BCUT2D eigenvalue weighted by Gasteiger charge is -2.43. The molecule has 56 heavy (non-hydrogen) atoms. The quantitative estimate of drug-likeness (QED) is 0.0966. The predicted octanol–water partition coefficient (Wildman–Crippen LogP) is 0.933. The van der Waals surface area contributed by atoms with Crippen LogP contribution in [0.3, 0.4) is 0 Å². The Kier molecular flexibility index (Phi) is 12.1. The molecule has 0 spiro atoms. The van der Waals surface area contributed by atoms with Gasteiger partial charge in [-0.15, -0.1) is 0 Å². The summed E-state index contributed by atoms with van der Waals surface area (Å²) in [6, 6.07) is 11.1. The van der Waals surface area contributed by atoms with Gasteiger partial charge >= 0.3 is 5.97 Å². The Morgan fingerprint density at radius 2 is 1.45 bits per heavy atom. The Bertz CT molecular complexity index is 1910. The molecule has 3 heterocycles. The molecule has 0 amide bonds. The van der Waals surface area contributed by atoms with E-state index in [2.05, 4.69) is 0 Å². The number of benzene rings is 3. The molecule has 3 aromatic carbocycles. The molecule has 18 nitrogen and oxygen atoms in total. The maximum absolute atomic E-state index is 12.5. The zero-order chi connectivity index (χ0) is 40.4. The lowest BCUT2D eigenvalue weighted by atomic mass is 9.98. The number of methoxy groups -OCH3 is 2. The third-order valence-corrected chi connectivity index (χ3v) is 9.38. The minimum absolute atomic E-state index is 0.00458. The molecular weight excluding hydrogens is 744 g/mol. The lowest BCUT2D eigenvalue weighted by Crippen LogP contribution is -2.61. The number of hydrogen-bond donors (Lipinski definition) is 9. The number of phenols is 4. The average molecular weight is 787 g/mol. The van der Waals surface area contributed by atoms with Crippen LogP contribution in [0.4, 0.5) is 0 Å². The van der Waals surface area contributed by atoms with Gasteiger partial charge in [0.05, 0.1) is 32.5 Å². The summed E-state index contributed by atoms with van der Waals surface area (Å²) in [5, 5.41) is 95.0. The van der Waals surface area contributed by atoms with Gasteiger partial charge in [0.2, 0.25) is 12.0 Å². The highest BCUT2D eigenvalue weighted by molar-refractivity contribution is 5.87. The van der Waals surface area contributed by atoms with Crippen molar-refractivity contribution in [2.24, 2.45) is 0 Å². The van der Waals surface area contributed by atoms with E-state index in [0.29, 0.717) is 5.56 Å². The van der Waals surface area contributed by atoms with Crippen LogP contribution in [-0.2, 0) is 28.5 Å². The van der Waals surface area contributed by atoms with Crippen molar-refractivity contribution < 1.29 is 88.6 Å². The van der Waals surface area contributed by atoms with E-state index < -0.39 is 85.8 Å². The Morgan fingerprint density at radius 1 is 0.786 bits per heavy atom. The molecule has 2 fully saturated rings. The maximum atomic E-state index is 12.5. The summed E-state index contributed by atoms with van der Waals surface area (Å²) in [5.41, 5.74) is 0.939. The molecule has 0 aromatic heterocycles. The van der Waals surface area contributed by atoms with Crippen LogP contribution < -0.4 is 14.2 Å². The van der Waals surface area contributed by atoms with Crippen LogP contribution in [0.25, 0.3) is 12.2 Å². The Hall–Kier alpha value is -5.31. The smallest absolute Gasteiger partial charge is 0.331 e. The molecule has 11 atom stereocenters. The first-order valence-electron chi connectivity index (χ1n) is 17.2. The SMILES string of the molecule is COc1cc(C2Oc3cc(O)cc(O)c3C=C2O[C@@H]2O[C@H](CO[C@@H]3O[C@@H](C)[C@H](OC(=O)/C=C/c4ccc(O)cc4)[C@H](O)[C@@H]3O)[C@H](O)[C@@H](O)[C@@H]2O)cc(OC)c1O. The van der Waals surface area contributed by atoms with Crippen molar-refractivity contribution in [3.8, 4) is 40.2 Å². The monoisotopic (exact) mass is 786 g/mol. The number of phenolic OH excluding ortho intramolecular Hbond substituents is 4. The standard InChI is InChI=1S/C38H42O18/c1-16-35(56-28(42)9-6-17-4-7-19(39)8-5-17)32(46)34(48)37(52-16)51-15-27-30(44)31(45)33(47)38(55-27)54-26-14-21-22(41)12-20(40)13-23(21)53-36(26)18-10-24(49-2)29(43)25(11-18)50-3/h4-14,16,27,30-41,43-48H,15H2,1-3H3/b9-6+/t16-,27+,30-,31+,32+,33-,34-,35-,36?,37+,38+/m0/s1. The van der Waals surface area contributed by atoms with Gasteiger partial charge < -0.3 is 83.9 Å². The first-order valence-corrected chi connectivity index (χ1v) is 17.2. The van der Waals surface area contributed by atoms with Crippen molar-refractivity contribution in [1.29, 1.82) is 0 Å². The second kappa shape index (κ2) is 16.8. The number of ether oxygens (including phenoxy) is 8. The molecule has 0 bridgehead atoms. The van der Waals surface area contributed by atoms with Crippen molar-refractivity contribution in [3.63, 3.8) is 0 Å². The average Bonchev–Trinajstić information content (AvgIpc) is 3.17. The molecule has 2 saturated heterocycles. The summed E-state index contributed by atoms with van der Waals surface area (Å²) < 4.78 is 45.3. The van der Waals surface area contributed by atoms with E-state index in [-0.39, 0.29) is 51.4 Å². The van der Waals surface area contributed by atoms with E-state index in [1.165, 1.54) is 63.6 Å². The topological polar surface area (TPSA) is 273 Å². The lowest BCUT2D eigenvalue weighted by molar-refractivity contribution is -0.325. The third kappa shape index (κ3) is 8.42. The van der Waals surface area contributed by atoms with Crippen LogP contribution >= 0.6 is 0 Å². The molecule has 3 aliphatic heterocycles. The number of carbonyl (C=O) groups is 1. The van der Waals surface area contributed by atoms with E-state index >= 15 is 0 Å². The van der Waals surface area contributed by atoms with Crippen LogP contribution in [0.1, 0.15) is 29.7 Å². The Labute approximate surface area is 319 Å². The highest BCUT2D eigenvalue weighted by Crippen LogP contribution is 2.47. The minimum Gasteiger partial charge on any atom is -0.508 e. The highest BCUT2D eigenvalue weighted by Gasteiger charge is 2.49. The number of rotatable bonds is 11. The number of fused-ring (bicyclic) bond motifs is 1. The van der Waals surface area contributed by atoms with Gasteiger partial charge in [0.15, 0.2) is 30.0 Å². The summed E-state index contributed by atoms with van der Waals surface area (Å²) in [6.07, 6.45) is -13.3. The van der Waals surface area contributed by atoms with E-state index in [1.807, 2.05) is 0 Å². The molecule has 0 saturated carbocycles. The fourth-order valence-electron chi connectivity index (χ4n) is 6.34. The summed E-state index contributed by atoms with van der Waals surface area (Å²) in [5.74, 6) is -1.90. The molecule has 0 radical (unpaired) electrons. The molecule has 18 heteroatoms. The van der Waals surface area contributed by atoms with E-state index in [9.17, 15) is 50.8 Å². The molecule has 9 N–H and O–H groups in total. The second-order valence-electron chi connectivity index (χ2n) is 13.2. The maximum Gasteiger partial charge on any atom is 0.331 e. The van der Waals surface area contributed by atoms with Crippen LogP contribution in [0, 0.1) is 0 Å². The summed E-state index contributed by atoms with van der Waals surface area (Å²) >= 11 is 0. The molecule has 0 aliphatic carbocycles. The molecular formula is C38H42O18. The molecule has 302 valence electrons. The summed E-state index contributed by atoms with van der Waals surface area (Å²) in [6.45, 7) is 0.885. The molecule has 3 aliphatic rings. The number of esters is 1. The zero-order valence-electron chi connectivity index (χ0n) is 30.1. The first kappa shape index (κ1) is 40.4. The first-order chi connectivity index (χ1) is 26.7. The third-order valence-electron chi connectivity index (χ3n) is 9.38. The van der Waals surface area contributed by atoms with Crippen molar-refractivity contribution >= 4 is 18.1 Å². The van der Waals surface area contributed by atoms with Crippen molar-refractivity contribution in [2.75, 3.05) is 20.8 Å². The Morgan fingerprint density at radius 3 is 2.11 bits per heavy atom. The van der Waals surface area contributed by atoms with Crippen molar-refractivity contribution in [2.45, 2.75) is 74.4 Å². The van der Waals surface area contributed by atoms with Gasteiger partial charge in [0, 0.05) is 23.8 Å². The molecule has 6 rings (SSSR count). The van der Waals surface area contributed by atoms with E-state index in [1.54, 1.807) is 12.1 Å². The highest BCUT2D eigenvalue weighted by atomic mass is 16.7. The van der Waals surface area contributed by atoms with E-state index in [0.717, 1.165) is 12.1 Å². The van der Waals surface area contributed by atoms with Gasteiger partial charge in [0.25, 0.3) is 0 Å². The normalized spacial score (nSPS) is 30.1. The minimum atomic E-state index is -1.86.